The van der Waals surface area contributed by atoms with E-state index in [9.17, 15) is 0 Å². The molecule has 114 valence electrons. The van der Waals surface area contributed by atoms with Gasteiger partial charge >= 0.3 is 0 Å². The van der Waals surface area contributed by atoms with Crippen LogP contribution in [0, 0.1) is 5.41 Å². The summed E-state index contributed by atoms with van der Waals surface area (Å²) >= 11 is 0. The van der Waals surface area contributed by atoms with Crippen LogP contribution in [-0.4, -0.2) is 25.3 Å². The highest BCUT2D eigenvalue weighted by molar-refractivity contribution is 4.97. The van der Waals surface area contributed by atoms with E-state index in [1.54, 1.807) is 0 Å². The van der Waals surface area contributed by atoms with Crippen molar-refractivity contribution in [3.63, 3.8) is 0 Å². The molecule has 0 radical (unpaired) electrons. The summed E-state index contributed by atoms with van der Waals surface area (Å²) in [6, 6.07) is 0.545. The third-order valence-electron chi connectivity index (χ3n) is 4.48. The van der Waals surface area contributed by atoms with Gasteiger partial charge in [0.05, 0.1) is 6.10 Å². The predicted molar refractivity (Wildman–Crippen MR) is 83.6 cm³/mol. The van der Waals surface area contributed by atoms with Gasteiger partial charge in [-0.1, -0.05) is 53.4 Å². The van der Waals surface area contributed by atoms with Gasteiger partial charge in [0, 0.05) is 12.6 Å². The second kappa shape index (κ2) is 8.97. The predicted octanol–water partition coefficient (Wildman–Crippen LogP) is 4.53. The van der Waals surface area contributed by atoms with Crippen LogP contribution in [0.25, 0.3) is 0 Å². The molecule has 0 heterocycles. The van der Waals surface area contributed by atoms with Crippen LogP contribution in [0.2, 0.25) is 0 Å². The summed E-state index contributed by atoms with van der Waals surface area (Å²) in [6.45, 7) is 11.3. The van der Waals surface area contributed by atoms with Crippen LogP contribution in [0.5, 0.6) is 0 Å². The van der Waals surface area contributed by atoms with Gasteiger partial charge in [-0.2, -0.15) is 0 Å². The summed E-state index contributed by atoms with van der Waals surface area (Å²) < 4.78 is 6.17. The monoisotopic (exact) mass is 269 g/mol. The Morgan fingerprint density at radius 2 is 1.79 bits per heavy atom. The fraction of sp³-hybridized carbons (Fsp3) is 1.00. The molecule has 0 aliphatic heterocycles. The number of rotatable bonds is 10. The maximum Gasteiger partial charge on any atom is 0.0733 e. The number of hydrogen-bond donors (Lipinski definition) is 1. The van der Waals surface area contributed by atoms with E-state index in [4.69, 9.17) is 4.74 Å². The minimum atomic E-state index is 0.391. The maximum atomic E-state index is 6.17. The Hall–Kier alpha value is -0.0800. The van der Waals surface area contributed by atoms with Crippen LogP contribution in [0.1, 0.15) is 79.1 Å². The molecule has 2 heteroatoms. The number of nitrogens with one attached hydrogen (secondary N) is 1. The zero-order chi connectivity index (χ0) is 14.1. The standard InChI is InChI=1S/C17H35NO/c1-5-7-8-9-10-14-19-15-11-12-17(3,4)16(15)18-13-6-2/h15-16,18H,5-14H2,1-4H3. The van der Waals surface area contributed by atoms with E-state index in [0.717, 1.165) is 13.2 Å². The smallest absolute Gasteiger partial charge is 0.0733 e. The van der Waals surface area contributed by atoms with Crippen molar-refractivity contribution in [2.75, 3.05) is 13.2 Å². The average molecular weight is 269 g/mol. The normalized spacial score (nSPS) is 25.9. The van der Waals surface area contributed by atoms with Gasteiger partial charge in [-0.05, 0) is 37.6 Å². The molecule has 0 saturated heterocycles. The Balaban J connectivity index is 2.23. The first-order valence-corrected chi connectivity index (χ1v) is 8.46. The molecule has 1 N–H and O–H groups in total. The van der Waals surface area contributed by atoms with Crippen molar-refractivity contribution in [3.05, 3.63) is 0 Å². The molecular formula is C17H35NO. The van der Waals surface area contributed by atoms with Crippen molar-refractivity contribution in [3.8, 4) is 0 Å². The van der Waals surface area contributed by atoms with Gasteiger partial charge in [0.25, 0.3) is 0 Å². The van der Waals surface area contributed by atoms with Crippen LogP contribution < -0.4 is 5.32 Å². The lowest BCUT2D eigenvalue weighted by Gasteiger charge is -2.31. The van der Waals surface area contributed by atoms with Gasteiger partial charge < -0.3 is 10.1 Å². The van der Waals surface area contributed by atoms with E-state index in [0.29, 0.717) is 17.6 Å². The van der Waals surface area contributed by atoms with Crippen molar-refractivity contribution >= 4 is 0 Å². The SMILES string of the molecule is CCCCCCCOC1CCC(C)(C)C1NCCC. The highest BCUT2D eigenvalue weighted by atomic mass is 16.5. The zero-order valence-electron chi connectivity index (χ0n) is 13.6. The molecule has 2 unspecified atom stereocenters. The molecule has 2 nitrogen and oxygen atoms in total. The highest BCUT2D eigenvalue weighted by Gasteiger charge is 2.41. The van der Waals surface area contributed by atoms with Gasteiger partial charge in [-0.25, -0.2) is 0 Å². The van der Waals surface area contributed by atoms with Gasteiger partial charge in [-0.15, -0.1) is 0 Å². The summed E-state index contributed by atoms with van der Waals surface area (Å²) in [5.74, 6) is 0. The molecule has 0 aromatic rings. The van der Waals surface area contributed by atoms with E-state index in [-0.39, 0.29) is 0 Å². The summed E-state index contributed by atoms with van der Waals surface area (Å²) in [7, 11) is 0. The lowest BCUT2D eigenvalue weighted by molar-refractivity contribution is 0.0247. The van der Waals surface area contributed by atoms with Gasteiger partial charge in [-0.3, -0.25) is 0 Å². The van der Waals surface area contributed by atoms with Crippen LogP contribution in [-0.2, 0) is 4.74 Å². The Labute approximate surface area is 120 Å². The lowest BCUT2D eigenvalue weighted by Crippen LogP contribution is -2.45. The number of hydrogen-bond acceptors (Lipinski definition) is 2. The van der Waals surface area contributed by atoms with Crippen LogP contribution in [0.3, 0.4) is 0 Å². The van der Waals surface area contributed by atoms with Crippen LogP contribution >= 0.6 is 0 Å². The van der Waals surface area contributed by atoms with E-state index in [1.165, 1.54) is 51.4 Å². The molecule has 1 saturated carbocycles. The Kier molecular flexibility index (Phi) is 8.01. The van der Waals surface area contributed by atoms with Gasteiger partial charge in [0.15, 0.2) is 0 Å². The molecule has 0 amide bonds. The lowest BCUT2D eigenvalue weighted by atomic mass is 9.87. The summed E-state index contributed by atoms with van der Waals surface area (Å²) in [5, 5.41) is 3.71. The van der Waals surface area contributed by atoms with Crippen molar-refractivity contribution in [1.29, 1.82) is 0 Å². The van der Waals surface area contributed by atoms with Gasteiger partial charge in [0.1, 0.15) is 0 Å². The third kappa shape index (κ3) is 5.83. The Morgan fingerprint density at radius 1 is 1.05 bits per heavy atom. The molecule has 0 aromatic heterocycles. The molecule has 2 atom stereocenters. The molecule has 0 aromatic carbocycles. The fourth-order valence-electron chi connectivity index (χ4n) is 3.17. The maximum absolute atomic E-state index is 6.17. The molecule has 1 fully saturated rings. The summed E-state index contributed by atoms with van der Waals surface area (Å²) in [6.07, 6.45) is 10.8. The molecule has 0 bridgehead atoms. The van der Waals surface area contributed by atoms with E-state index in [2.05, 4.69) is 33.0 Å². The second-order valence-electron chi connectivity index (χ2n) is 6.78. The Morgan fingerprint density at radius 3 is 2.47 bits per heavy atom. The number of ether oxygens (including phenoxy) is 1. The molecule has 1 aliphatic carbocycles. The quantitative estimate of drug-likeness (QED) is 0.588. The Bertz CT molecular complexity index is 227. The topological polar surface area (TPSA) is 21.3 Å². The first-order valence-electron chi connectivity index (χ1n) is 8.46. The van der Waals surface area contributed by atoms with E-state index < -0.39 is 0 Å². The van der Waals surface area contributed by atoms with Crippen molar-refractivity contribution in [2.45, 2.75) is 91.2 Å². The summed E-state index contributed by atoms with van der Waals surface area (Å²) in [5.41, 5.74) is 0.391. The first-order chi connectivity index (χ1) is 9.11. The zero-order valence-corrected chi connectivity index (χ0v) is 13.6. The van der Waals surface area contributed by atoms with Crippen LogP contribution in [0.4, 0.5) is 0 Å². The number of unbranched alkanes of at least 4 members (excludes halogenated alkanes) is 4. The third-order valence-corrected chi connectivity index (χ3v) is 4.48. The van der Waals surface area contributed by atoms with Crippen molar-refractivity contribution in [2.24, 2.45) is 5.41 Å². The minimum absolute atomic E-state index is 0.391. The van der Waals surface area contributed by atoms with Crippen LogP contribution in [0.15, 0.2) is 0 Å². The molecular weight excluding hydrogens is 234 g/mol. The average Bonchev–Trinajstić information content (AvgIpc) is 2.66. The van der Waals surface area contributed by atoms with E-state index >= 15 is 0 Å². The minimum Gasteiger partial charge on any atom is -0.377 e. The van der Waals surface area contributed by atoms with Crippen molar-refractivity contribution < 1.29 is 4.74 Å². The van der Waals surface area contributed by atoms with Crippen molar-refractivity contribution in [1.82, 2.24) is 5.32 Å². The highest BCUT2D eigenvalue weighted by Crippen LogP contribution is 2.39. The summed E-state index contributed by atoms with van der Waals surface area (Å²) in [4.78, 5) is 0. The van der Waals surface area contributed by atoms with Gasteiger partial charge in [0.2, 0.25) is 0 Å². The molecule has 0 spiro atoms. The second-order valence-corrected chi connectivity index (χ2v) is 6.78. The molecule has 1 rings (SSSR count). The first kappa shape index (κ1) is 17.0. The fourth-order valence-corrected chi connectivity index (χ4v) is 3.17. The molecule has 19 heavy (non-hydrogen) atoms. The molecule has 1 aliphatic rings. The largest absolute Gasteiger partial charge is 0.377 e. The van der Waals surface area contributed by atoms with E-state index in [1.807, 2.05) is 0 Å².